The summed E-state index contributed by atoms with van der Waals surface area (Å²) in [5.74, 6) is 2.50. The molecule has 1 nitrogen and oxygen atoms in total. The van der Waals surface area contributed by atoms with Crippen molar-refractivity contribution in [2.75, 3.05) is 0 Å². The number of nitriles is 1. The Kier molecular flexibility index (Phi) is 3.14. The van der Waals surface area contributed by atoms with E-state index in [0.717, 1.165) is 11.8 Å². The van der Waals surface area contributed by atoms with E-state index >= 15 is 0 Å². The molecule has 0 amide bonds. The fourth-order valence-corrected chi connectivity index (χ4v) is 2.56. The van der Waals surface area contributed by atoms with Gasteiger partial charge >= 0.3 is 0 Å². The van der Waals surface area contributed by atoms with Crippen molar-refractivity contribution in [3.05, 3.63) is 0 Å². The van der Waals surface area contributed by atoms with Crippen molar-refractivity contribution in [1.29, 1.82) is 5.26 Å². The van der Waals surface area contributed by atoms with Crippen LogP contribution < -0.4 is 0 Å². The Morgan fingerprint density at radius 1 is 1.17 bits per heavy atom. The van der Waals surface area contributed by atoms with Crippen LogP contribution in [-0.4, -0.2) is 0 Å². The normalized spacial score (nSPS) is 31.9. The Labute approximate surface area is 75.8 Å². The highest BCUT2D eigenvalue weighted by atomic mass is 14.4. The molecular weight excluding hydrogens is 146 g/mol. The molecule has 0 spiro atoms. The van der Waals surface area contributed by atoms with E-state index in [1.807, 2.05) is 0 Å². The maximum absolute atomic E-state index is 8.84. The molecule has 1 saturated carbocycles. The van der Waals surface area contributed by atoms with Gasteiger partial charge in [0.05, 0.1) is 6.07 Å². The molecule has 1 aliphatic rings. The summed E-state index contributed by atoms with van der Waals surface area (Å²) in [6, 6.07) is 2.39. The van der Waals surface area contributed by atoms with E-state index in [4.69, 9.17) is 5.26 Å². The predicted molar refractivity (Wildman–Crippen MR) is 50.4 cm³/mol. The number of hydrogen-bond donors (Lipinski definition) is 0. The van der Waals surface area contributed by atoms with Gasteiger partial charge in [-0.1, -0.05) is 20.3 Å². The molecule has 0 aromatic heterocycles. The standard InChI is InChI=1S/C11H19N/c1-8(2)10-5-4-6-11(10)9(3)7-12/h8-11H,4-6H2,1-3H3. The molecule has 1 heteroatoms. The first-order valence-corrected chi connectivity index (χ1v) is 5.06. The minimum Gasteiger partial charge on any atom is -0.198 e. The Hall–Kier alpha value is -0.510. The molecule has 12 heavy (non-hydrogen) atoms. The molecule has 0 N–H and O–H groups in total. The predicted octanol–water partition coefficient (Wildman–Crippen LogP) is 3.22. The summed E-state index contributed by atoms with van der Waals surface area (Å²) in [6.07, 6.45) is 3.95. The first-order chi connectivity index (χ1) is 5.66. The van der Waals surface area contributed by atoms with Gasteiger partial charge in [0, 0.05) is 5.92 Å². The minimum atomic E-state index is 0.264. The van der Waals surface area contributed by atoms with Crippen LogP contribution in [0.15, 0.2) is 0 Å². The quantitative estimate of drug-likeness (QED) is 0.616. The van der Waals surface area contributed by atoms with Crippen molar-refractivity contribution in [3.63, 3.8) is 0 Å². The zero-order valence-electron chi connectivity index (χ0n) is 8.38. The first-order valence-electron chi connectivity index (χ1n) is 5.06. The van der Waals surface area contributed by atoms with Crippen LogP contribution in [0.25, 0.3) is 0 Å². The largest absolute Gasteiger partial charge is 0.198 e. The van der Waals surface area contributed by atoms with Crippen LogP contribution in [0.5, 0.6) is 0 Å². The molecule has 0 aromatic rings. The van der Waals surface area contributed by atoms with Gasteiger partial charge in [0.2, 0.25) is 0 Å². The lowest BCUT2D eigenvalue weighted by molar-refractivity contribution is 0.255. The van der Waals surface area contributed by atoms with Crippen molar-refractivity contribution in [1.82, 2.24) is 0 Å². The van der Waals surface area contributed by atoms with Gasteiger partial charge in [0.25, 0.3) is 0 Å². The van der Waals surface area contributed by atoms with E-state index < -0.39 is 0 Å². The van der Waals surface area contributed by atoms with Crippen molar-refractivity contribution < 1.29 is 0 Å². The monoisotopic (exact) mass is 165 g/mol. The van der Waals surface area contributed by atoms with Gasteiger partial charge in [-0.2, -0.15) is 5.26 Å². The third-order valence-corrected chi connectivity index (χ3v) is 3.33. The second kappa shape index (κ2) is 3.94. The summed E-state index contributed by atoms with van der Waals surface area (Å²) < 4.78 is 0. The molecule has 0 radical (unpaired) electrons. The highest BCUT2D eigenvalue weighted by Gasteiger charge is 2.32. The van der Waals surface area contributed by atoms with E-state index in [1.54, 1.807) is 0 Å². The van der Waals surface area contributed by atoms with Crippen LogP contribution in [0.2, 0.25) is 0 Å². The summed E-state index contributed by atoms with van der Waals surface area (Å²) >= 11 is 0. The average molecular weight is 165 g/mol. The highest BCUT2D eigenvalue weighted by molar-refractivity contribution is 4.91. The molecule has 1 fully saturated rings. The van der Waals surface area contributed by atoms with Gasteiger partial charge in [0.1, 0.15) is 0 Å². The maximum Gasteiger partial charge on any atom is 0.0655 e. The lowest BCUT2D eigenvalue weighted by atomic mass is 9.80. The van der Waals surface area contributed by atoms with Gasteiger partial charge in [-0.25, -0.2) is 0 Å². The van der Waals surface area contributed by atoms with Gasteiger partial charge in [-0.15, -0.1) is 0 Å². The van der Waals surface area contributed by atoms with Crippen molar-refractivity contribution in [2.45, 2.75) is 40.0 Å². The van der Waals surface area contributed by atoms with E-state index in [-0.39, 0.29) is 5.92 Å². The van der Waals surface area contributed by atoms with Gasteiger partial charge in [-0.05, 0) is 37.5 Å². The number of nitrogens with zero attached hydrogens (tertiary/aromatic N) is 1. The second-order valence-electron chi connectivity index (χ2n) is 4.42. The molecule has 3 atom stereocenters. The minimum absolute atomic E-state index is 0.264. The molecule has 0 heterocycles. The number of rotatable bonds is 2. The summed E-state index contributed by atoms with van der Waals surface area (Å²) in [7, 11) is 0. The topological polar surface area (TPSA) is 23.8 Å². The zero-order valence-corrected chi connectivity index (χ0v) is 8.38. The van der Waals surface area contributed by atoms with Crippen LogP contribution in [-0.2, 0) is 0 Å². The molecule has 0 bridgehead atoms. The summed E-state index contributed by atoms with van der Waals surface area (Å²) in [5, 5.41) is 8.84. The van der Waals surface area contributed by atoms with Crippen LogP contribution in [0.4, 0.5) is 0 Å². The summed E-state index contributed by atoms with van der Waals surface area (Å²) in [6.45, 7) is 6.64. The van der Waals surface area contributed by atoms with E-state index in [0.29, 0.717) is 5.92 Å². The maximum atomic E-state index is 8.84. The third kappa shape index (κ3) is 1.80. The molecule has 3 unspecified atom stereocenters. The summed E-state index contributed by atoms with van der Waals surface area (Å²) in [4.78, 5) is 0. The molecule has 0 saturated heterocycles. The zero-order chi connectivity index (χ0) is 9.14. The van der Waals surface area contributed by atoms with Crippen LogP contribution in [0.1, 0.15) is 40.0 Å². The molecule has 0 aromatic carbocycles. The average Bonchev–Trinajstić information content (AvgIpc) is 2.50. The fourth-order valence-electron chi connectivity index (χ4n) is 2.56. The van der Waals surface area contributed by atoms with Crippen molar-refractivity contribution in [2.24, 2.45) is 23.7 Å². The first kappa shape index (κ1) is 9.58. The fraction of sp³-hybridized carbons (Fsp3) is 0.909. The Balaban J connectivity index is 2.59. The van der Waals surface area contributed by atoms with Crippen molar-refractivity contribution >= 4 is 0 Å². The van der Waals surface area contributed by atoms with E-state index in [1.165, 1.54) is 19.3 Å². The lowest BCUT2D eigenvalue weighted by Crippen LogP contribution is -2.19. The molecule has 68 valence electrons. The molecule has 1 aliphatic carbocycles. The Morgan fingerprint density at radius 2 is 1.75 bits per heavy atom. The highest BCUT2D eigenvalue weighted by Crippen LogP contribution is 2.40. The van der Waals surface area contributed by atoms with Crippen molar-refractivity contribution in [3.8, 4) is 6.07 Å². The van der Waals surface area contributed by atoms with E-state index in [9.17, 15) is 0 Å². The van der Waals surface area contributed by atoms with Gasteiger partial charge in [0.15, 0.2) is 0 Å². The van der Waals surface area contributed by atoms with Crippen LogP contribution >= 0.6 is 0 Å². The SMILES string of the molecule is CC(C)C1CCCC1C(C)C#N. The Morgan fingerprint density at radius 3 is 2.25 bits per heavy atom. The number of hydrogen-bond acceptors (Lipinski definition) is 1. The van der Waals surface area contributed by atoms with Crippen LogP contribution in [0.3, 0.4) is 0 Å². The molecule has 1 rings (SSSR count). The van der Waals surface area contributed by atoms with Gasteiger partial charge in [-0.3, -0.25) is 0 Å². The molecular formula is C11H19N. The summed E-state index contributed by atoms with van der Waals surface area (Å²) in [5.41, 5.74) is 0. The van der Waals surface area contributed by atoms with E-state index in [2.05, 4.69) is 26.8 Å². The lowest BCUT2D eigenvalue weighted by Gasteiger charge is -2.24. The van der Waals surface area contributed by atoms with Gasteiger partial charge < -0.3 is 0 Å². The Bertz CT molecular complexity index is 178. The van der Waals surface area contributed by atoms with Crippen LogP contribution in [0, 0.1) is 35.0 Å². The third-order valence-electron chi connectivity index (χ3n) is 3.33. The second-order valence-corrected chi connectivity index (χ2v) is 4.42. The molecule has 0 aliphatic heterocycles. The smallest absolute Gasteiger partial charge is 0.0655 e.